The molecule has 0 saturated heterocycles. The predicted octanol–water partition coefficient (Wildman–Crippen LogP) is 4.48. The Bertz CT molecular complexity index is 1360. The van der Waals surface area contributed by atoms with Crippen LogP contribution in [0.5, 0.6) is 5.75 Å². The summed E-state index contributed by atoms with van der Waals surface area (Å²) in [7, 11) is -3.63. The molecule has 3 aromatic carbocycles. The largest absolute Gasteiger partial charge is 0.506 e. The molecular formula is C24H21N3O3S. The molecule has 0 atom stereocenters. The maximum absolute atomic E-state index is 12.6. The van der Waals surface area contributed by atoms with Crippen molar-refractivity contribution in [3.05, 3.63) is 95.7 Å². The van der Waals surface area contributed by atoms with E-state index < -0.39 is 10.0 Å². The van der Waals surface area contributed by atoms with Crippen molar-refractivity contribution in [2.75, 3.05) is 0 Å². The lowest BCUT2D eigenvalue weighted by atomic mass is 10.2. The molecule has 0 aliphatic heterocycles. The normalized spacial score (nSPS) is 11.9. The summed E-state index contributed by atoms with van der Waals surface area (Å²) in [5.74, 6) is 0.110. The number of para-hydroxylation sites is 2. The number of hydrogen-bond acceptors (Lipinski definition) is 5. The van der Waals surface area contributed by atoms with E-state index in [2.05, 4.69) is 14.7 Å². The van der Waals surface area contributed by atoms with Gasteiger partial charge in [0, 0.05) is 11.9 Å². The van der Waals surface area contributed by atoms with Crippen molar-refractivity contribution in [1.82, 2.24) is 9.71 Å². The maximum Gasteiger partial charge on any atom is 0.240 e. The number of rotatable bonds is 6. The molecule has 0 radical (unpaired) electrons. The van der Waals surface area contributed by atoms with Crippen molar-refractivity contribution >= 4 is 32.8 Å². The van der Waals surface area contributed by atoms with Crippen molar-refractivity contribution in [1.29, 1.82) is 0 Å². The number of nitrogens with one attached hydrogen (secondary N) is 1. The number of phenolic OH excluding ortho intramolecular Hbond substituents is 1. The number of nitrogens with zero attached hydrogens (tertiary/aromatic N) is 2. The molecular weight excluding hydrogens is 410 g/mol. The van der Waals surface area contributed by atoms with Crippen molar-refractivity contribution < 1.29 is 13.5 Å². The highest BCUT2D eigenvalue weighted by Gasteiger charge is 2.14. The van der Waals surface area contributed by atoms with Crippen molar-refractivity contribution in [3.8, 4) is 5.75 Å². The molecule has 0 unspecified atom stereocenters. The van der Waals surface area contributed by atoms with Crippen LogP contribution >= 0.6 is 0 Å². The molecule has 1 aromatic heterocycles. The van der Waals surface area contributed by atoms with Gasteiger partial charge in [0.15, 0.2) is 0 Å². The number of fused-ring (bicyclic) bond motifs is 1. The molecule has 0 aliphatic rings. The minimum atomic E-state index is -3.63. The SMILES string of the molecule is Cc1ccc(S(=O)(=O)NCc2ccccc2N=Cc2ccc3cccc(O)c3n2)cc1. The van der Waals surface area contributed by atoms with E-state index in [1.807, 2.05) is 49.4 Å². The predicted molar refractivity (Wildman–Crippen MR) is 122 cm³/mol. The Morgan fingerprint density at radius 3 is 2.55 bits per heavy atom. The summed E-state index contributed by atoms with van der Waals surface area (Å²) in [5, 5.41) is 10.8. The number of hydrogen-bond donors (Lipinski definition) is 2. The molecule has 4 aromatic rings. The summed E-state index contributed by atoms with van der Waals surface area (Å²) in [6.45, 7) is 2.01. The maximum atomic E-state index is 12.6. The molecule has 7 heteroatoms. The van der Waals surface area contributed by atoms with E-state index in [1.165, 1.54) is 0 Å². The highest BCUT2D eigenvalue weighted by atomic mass is 32.2. The zero-order chi connectivity index (χ0) is 21.8. The van der Waals surface area contributed by atoms with Crippen molar-refractivity contribution in [2.45, 2.75) is 18.4 Å². The Hall–Kier alpha value is -3.55. The molecule has 0 saturated carbocycles. The lowest BCUT2D eigenvalue weighted by Gasteiger charge is -2.09. The minimum Gasteiger partial charge on any atom is -0.506 e. The number of aryl methyl sites for hydroxylation is 1. The van der Waals surface area contributed by atoms with Crippen LogP contribution < -0.4 is 4.72 Å². The highest BCUT2D eigenvalue weighted by molar-refractivity contribution is 7.89. The number of phenols is 1. The molecule has 1 heterocycles. The number of sulfonamides is 1. The van der Waals surface area contributed by atoms with Crippen LogP contribution in [-0.4, -0.2) is 24.7 Å². The molecule has 4 rings (SSSR count). The zero-order valence-corrected chi connectivity index (χ0v) is 17.7. The topological polar surface area (TPSA) is 91.7 Å². The van der Waals surface area contributed by atoms with Crippen LogP contribution in [0, 0.1) is 6.92 Å². The second kappa shape index (κ2) is 8.67. The van der Waals surface area contributed by atoms with Crippen LogP contribution in [-0.2, 0) is 16.6 Å². The number of benzene rings is 3. The van der Waals surface area contributed by atoms with Crippen LogP contribution in [0.4, 0.5) is 5.69 Å². The number of aliphatic imine (C=N–C) groups is 1. The van der Waals surface area contributed by atoms with Crippen LogP contribution in [0.1, 0.15) is 16.8 Å². The van der Waals surface area contributed by atoms with Gasteiger partial charge in [0.1, 0.15) is 11.3 Å². The highest BCUT2D eigenvalue weighted by Crippen LogP contribution is 2.23. The number of pyridine rings is 1. The van der Waals surface area contributed by atoms with Gasteiger partial charge >= 0.3 is 0 Å². The van der Waals surface area contributed by atoms with E-state index in [0.717, 1.165) is 16.5 Å². The first-order valence-electron chi connectivity index (χ1n) is 9.69. The van der Waals surface area contributed by atoms with Crippen molar-refractivity contribution in [2.24, 2.45) is 4.99 Å². The van der Waals surface area contributed by atoms with E-state index in [9.17, 15) is 13.5 Å². The van der Waals surface area contributed by atoms with Crippen LogP contribution in [0.3, 0.4) is 0 Å². The number of aromatic nitrogens is 1. The average Bonchev–Trinajstić information content (AvgIpc) is 2.77. The summed E-state index contributed by atoms with van der Waals surface area (Å²) in [5.41, 5.74) is 3.45. The molecule has 0 spiro atoms. The monoisotopic (exact) mass is 431 g/mol. The molecule has 0 bridgehead atoms. The van der Waals surface area contributed by atoms with Gasteiger partial charge in [-0.15, -0.1) is 0 Å². The second-order valence-corrected chi connectivity index (χ2v) is 8.88. The van der Waals surface area contributed by atoms with Crippen molar-refractivity contribution in [3.63, 3.8) is 0 Å². The molecule has 0 aliphatic carbocycles. The third kappa shape index (κ3) is 4.79. The van der Waals surface area contributed by atoms with E-state index in [-0.39, 0.29) is 17.2 Å². The lowest BCUT2D eigenvalue weighted by molar-refractivity contribution is 0.480. The minimum absolute atomic E-state index is 0.107. The molecule has 0 amide bonds. The average molecular weight is 432 g/mol. The van der Waals surface area contributed by atoms with Crippen LogP contribution in [0.25, 0.3) is 10.9 Å². The van der Waals surface area contributed by atoms with Gasteiger partial charge in [0.2, 0.25) is 10.0 Å². The fourth-order valence-electron chi connectivity index (χ4n) is 3.11. The fraction of sp³-hybridized carbons (Fsp3) is 0.0833. The third-order valence-electron chi connectivity index (χ3n) is 4.83. The first kappa shape index (κ1) is 20.7. The molecule has 2 N–H and O–H groups in total. The summed E-state index contributed by atoms with van der Waals surface area (Å²) in [6, 6.07) is 22.9. The summed E-state index contributed by atoms with van der Waals surface area (Å²) >= 11 is 0. The van der Waals surface area contributed by atoms with Crippen LogP contribution in [0.2, 0.25) is 0 Å². The smallest absolute Gasteiger partial charge is 0.240 e. The van der Waals surface area contributed by atoms with Gasteiger partial charge in [-0.05, 0) is 42.8 Å². The van der Waals surface area contributed by atoms with Gasteiger partial charge in [-0.1, -0.05) is 54.1 Å². The Morgan fingerprint density at radius 1 is 0.968 bits per heavy atom. The quantitative estimate of drug-likeness (QED) is 0.441. The van der Waals surface area contributed by atoms with Gasteiger partial charge in [0.25, 0.3) is 0 Å². The molecule has 0 fully saturated rings. The Kier molecular flexibility index (Phi) is 5.79. The Labute approximate surface area is 181 Å². The van der Waals surface area contributed by atoms with Gasteiger partial charge in [-0.25, -0.2) is 18.1 Å². The standard InChI is InChI=1S/C24H21N3O3S/c1-17-9-13-21(14-10-17)31(29,30)26-15-19-5-2-3-7-22(19)25-16-20-12-11-18-6-4-8-23(28)24(18)27-20/h2-14,16,26,28H,15H2,1H3. The third-order valence-corrected chi connectivity index (χ3v) is 6.25. The Balaban J connectivity index is 1.55. The first-order valence-corrected chi connectivity index (χ1v) is 11.2. The first-order chi connectivity index (χ1) is 14.9. The van der Waals surface area contributed by atoms with Gasteiger partial charge < -0.3 is 5.11 Å². The van der Waals surface area contributed by atoms with E-state index in [4.69, 9.17) is 0 Å². The van der Waals surface area contributed by atoms with Gasteiger partial charge in [0.05, 0.1) is 22.5 Å². The molecule has 156 valence electrons. The molecule has 31 heavy (non-hydrogen) atoms. The fourth-order valence-corrected chi connectivity index (χ4v) is 4.12. The summed E-state index contributed by atoms with van der Waals surface area (Å²) in [4.78, 5) is 9.16. The summed E-state index contributed by atoms with van der Waals surface area (Å²) in [6.07, 6.45) is 1.60. The van der Waals surface area contributed by atoms with E-state index >= 15 is 0 Å². The molecule has 6 nitrogen and oxygen atoms in total. The van der Waals surface area contributed by atoms with Crippen LogP contribution in [0.15, 0.2) is 88.8 Å². The zero-order valence-electron chi connectivity index (χ0n) is 16.9. The van der Waals surface area contributed by atoms with E-state index in [0.29, 0.717) is 16.9 Å². The summed E-state index contributed by atoms with van der Waals surface area (Å²) < 4.78 is 27.8. The second-order valence-electron chi connectivity index (χ2n) is 7.11. The van der Waals surface area contributed by atoms with Gasteiger partial charge in [-0.2, -0.15) is 0 Å². The van der Waals surface area contributed by atoms with E-state index in [1.54, 1.807) is 42.6 Å². The lowest BCUT2D eigenvalue weighted by Crippen LogP contribution is -2.23. The van der Waals surface area contributed by atoms with Gasteiger partial charge in [-0.3, -0.25) is 4.99 Å². The Morgan fingerprint density at radius 2 is 1.74 bits per heavy atom. The number of aromatic hydroxyl groups is 1.